The van der Waals surface area contributed by atoms with Crippen molar-refractivity contribution in [1.29, 1.82) is 0 Å². The summed E-state index contributed by atoms with van der Waals surface area (Å²) in [5, 5.41) is 1.12. The fourth-order valence-electron chi connectivity index (χ4n) is 1.55. The summed E-state index contributed by atoms with van der Waals surface area (Å²) in [5.41, 5.74) is 1.21. The Morgan fingerprint density at radius 2 is 1.87 bits per heavy atom. The number of fused-ring (bicyclic) bond motifs is 1. The molecule has 3 aromatic rings. The van der Waals surface area contributed by atoms with Crippen molar-refractivity contribution >= 4 is 32.2 Å². The normalized spacial score (nSPS) is 11.0. The van der Waals surface area contributed by atoms with Gasteiger partial charge in [0.1, 0.15) is 9.84 Å². The first-order chi connectivity index (χ1) is 7.33. The van der Waals surface area contributed by atoms with Crippen molar-refractivity contribution in [1.82, 2.24) is 4.98 Å². The van der Waals surface area contributed by atoms with E-state index in [1.54, 1.807) is 22.7 Å². The molecule has 0 N–H and O–H groups in total. The van der Waals surface area contributed by atoms with Crippen LogP contribution < -0.4 is 0 Å². The first-order valence-electron chi connectivity index (χ1n) is 4.75. The summed E-state index contributed by atoms with van der Waals surface area (Å²) >= 11 is 3.54. The molecule has 3 heteroatoms. The van der Waals surface area contributed by atoms with E-state index >= 15 is 0 Å². The molecule has 0 saturated heterocycles. The number of rotatable bonds is 1. The highest BCUT2D eigenvalue weighted by atomic mass is 32.1. The predicted molar refractivity (Wildman–Crippen MR) is 67.7 cm³/mol. The summed E-state index contributed by atoms with van der Waals surface area (Å²) < 4.78 is 1.30. The van der Waals surface area contributed by atoms with Crippen LogP contribution in [0.1, 0.15) is 4.88 Å². The van der Waals surface area contributed by atoms with E-state index in [2.05, 4.69) is 42.2 Å². The molecular formula is C12H9NS2. The molecule has 15 heavy (non-hydrogen) atoms. The number of thiophene rings is 1. The zero-order chi connectivity index (χ0) is 10.3. The first-order valence-corrected chi connectivity index (χ1v) is 6.38. The van der Waals surface area contributed by atoms with E-state index in [1.165, 1.54) is 15.1 Å². The van der Waals surface area contributed by atoms with Crippen LogP contribution in [0.15, 0.2) is 36.4 Å². The van der Waals surface area contributed by atoms with Crippen LogP contribution >= 0.6 is 22.7 Å². The summed E-state index contributed by atoms with van der Waals surface area (Å²) in [6.07, 6.45) is 0. The van der Waals surface area contributed by atoms with Gasteiger partial charge in [-0.3, -0.25) is 0 Å². The lowest BCUT2D eigenvalue weighted by molar-refractivity contribution is 1.50. The molecule has 2 aromatic heterocycles. The number of hydrogen-bond donors (Lipinski definition) is 0. The second-order valence-corrected chi connectivity index (χ2v) is 5.68. The van der Waals surface area contributed by atoms with E-state index in [4.69, 9.17) is 0 Å². The van der Waals surface area contributed by atoms with E-state index in [-0.39, 0.29) is 0 Å². The molecule has 0 fully saturated rings. The highest BCUT2D eigenvalue weighted by molar-refractivity contribution is 7.28. The minimum absolute atomic E-state index is 1.12. The molecule has 0 aliphatic carbocycles. The number of thiazole rings is 1. The maximum Gasteiger partial charge on any atom is 0.135 e. The molecule has 0 bridgehead atoms. The van der Waals surface area contributed by atoms with Gasteiger partial charge < -0.3 is 0 Å². The lowest BCUT2D eigenvalue weighted by Gasteiger charge is -1.92. The largest absolute Gasteiger partial charge is 0.225 e. The third-order valence-electron chi connectivity index (χ3n) is 2.23. The minimum atomic E-state index is 1.12. The third-order valence-corrected chi connectivity index (χ3v) is 4.36. The Hall–Kier alpha value is -1.19. The minimum Gasteiger partial charge on any atom is -0.225 e. The van der Waals surface area contributed by atoms with E-state index in [0.29, 0.717) is 0 Å². The standard InChI is InChI=1S/C12H9NS2/c1-8-7-10-12(14-8)13-11(15-10)9-5-3-2-4-6-9/h2-7H,1H3. The summed E-state index contributed by atoms with van der Waals surface area (Å²) in [6, 6.07) is 12.6. The first kappa shape index (κ1) is 9.07. The maximum absolute atomic E-state index is 4.64. The zero-order valence-electron chi connectivity index (χ0n) is 8.23. The molecule has 0 atom stereocenters. The second-order valence-electron chi connectivity index (χ2n) is 3.41. The van der Waals surface area contributed by atoms with Gasteiger partial charge in [0.25, 0.3) is 0 Å². The number of benzene rings is 1. The van der Waals surface area contributed by atoms with Gasteiger partial charge in [-0.15, -0.1) is 22.7 Å². The smallest absolute Gasteiger partial charge is 0.135 e. The van der Waals surface area contributed by atoms with Crippen molar-refractivity contribution < 1.29 is 0 Å². The summed E-state index contributed by atoms with van der Waals surface area (Å²) in [7, 11) is 0. The van der Waals surface area contributed by atoms with E-state index in [1.807, 2.05) is 6.07 Å². The van der Waals surface area contributed by atoms with Gasteiger partial charge in [0.05, 0.1) is 4.70 Å². The molecule has 1 aromatic carbocycles. The summed E-state index contributed by atoms with van der Waals surface area (Å²) in [5.74, 6) is 0. The van der Waals surface area contributed by atoms with Crippen molar-refractivity contribution in [2.45, 2.75) is 6.92 Å². The molecule has 2 heterocycles. The number of aromatic nitrogens is 1. The van der Waals surface area contributed by atoms with Crippen molar-refractivity contribution in [2.75, 3.05) is 0 Å². The monoisotopic (exact) mass is 231 g/mol. The molecule has 0 aliphatic rings. The van der Waals surface area contributed by atoms with Gasteiger partial charge in [-0.05, 0) is 13.0 Å². The van der Waals surface area contributed by atoms with Crippen molar-refractivity contribution in [3.63, 3.8) is 0 Å². The van der Waals surface area contributed by atoms with E-state index in [9.17, 15) is 0 Å². The highest BCUT2D eigenvalue weighted by Gasteiger charge is 2.07. The van der Waals surface area contributed by atoms with Crippen LogP contribution in [0.4, 0.5) is 0 Å². The van der Waals surface area contributed by atoms with Gasteiger partial charge in [-0.2, -0.15) is 0 Å². The average Bonchev–Trinajstić information content (AvgIpc) is 2.76. The van der Waals surface area contributed by atoms with Crippen LogP contribution in [-0.2, 0) is 0 Å². The number of hydrogen-bond acceptors (Lipinski definition) is 3. The molecule has 3 rings (SSSR count). The Balaban J connectivity index is 2.16. The molecule has 74 valence electrons. The molecule has 0 saturated carbocycles. The summed E-state index contributed by atoms with van der Waals surface area (Å²) in [6.45, 7) is 2.13. The number of nitrogens with zero attached hydrogens (tertiary/aromatic N) is 1. The Bertz CT molecular complexity index is 561. The van der Waals surface area contributed by atoms with Crippen molar-refractivity contribution in [3.05, 3.63) is 41.3 Å². The van der Waals surface area contributed by atoms with Crippen LogP contribution in [-0.4, -0.2) is 4.98 Å². The van der Waals surface area contributed by atoms with Gasteiger partial charge in [0, 0.05) is 10.4 Å². The maximum atomic E-state index is 4.64. The topological polar surface area (TPSA) is 12.9 Å². The van der Waals surface area contributed by atoms with Gasteiger partial charge >= 0.3 is 0 Å². The SMILES string of the molecule is Cc1cc2sc(-c3ccccc3)nc2s1. The lowest BCUT2D eigenvalue weighted by Crippen LogP contribution is -1.72. The zero-order valence-corrected chi connectivity index (χ0v) is 9.86. The van der Waals surface area contributed by atoms with Gasteiger partial charge in [-0.1, -0.05) is 30.3 Å². The van der Waals surface area contributed by atoms with Crippen LogP contribution in [0.5, 0.6) is 0 Å². The van der Waals surface area contributed by atoms with Crippen molar-refractivity contribution in [2.24, 2.45) is 0 Å². The fourth-order valence-corrected chi connectivity index (χ4v) is 3.68. The summed E-state index contributed by atoms with van der Waals surface area (Å²) in [4.78, 5) is 7.14. The quantitative estimate of drug-likeness (QED) is 0.607. The van der Waals surface area contributed by atoms with Gasteiger partial charge in [0.2, 0.25) is 0 Å². The van der Waals surface area contributed by atoms with E-state index in [0.717, 1.165) is 9.84 Å². The van der Waals surface area contributed by atoms with Crippen LogP contribution in [0.2, 0.25) is 0 Å². The molecule has 0 amide bonds. The van der Waals surface area contributed by atoms with Gasteiger partial charge in [-0.25, -0.2) is 4.98 Å². The van der Waals surface area contributed by atoms with Gasteiger partial charge in [0.15, 0.2) is 0 Å². The Labute approximate surface area is 96.0 Å². The lowest BCUT2D eigenvalue weighted by atomic mass is 10.2. The van der Waals surface area contributed by atoms with Crippen LogP contribution in [0.25, 0.3) is 20.1 Å². The molecular weight excluding hydrogens is 222 g/mol. The fraction of sp³-hybridized carbons (Fsp3) is 0.0833. The third kappa shape index (κ3) is 1.58. The molecule has 0 radical (unpaired) electrons. The van der Waals surface area contributed by atoms with E-state index < -0.39 is 0 Å². The average molecular weight is 231 g/mol. The molecule has 0 spiro atoms. The second kappa shape index (κ2) is 3.43. The van der Waals surface area contributed by atoms with Crippen LogP contribution in [0.3, 0.4) is 0 Å². The number of aryl methyl sites for hydroxylation is 1. The Morgan fingerprint density at radius 3 is 2.60 bits per heavy atom. The van der Waals surface area contributed by atoms with Crippen LogP contribution in [0, 0.1) is 6.92 Å². The molecule has 0 aliphatic heterocycles. The Kier molecular flexibility index (Phi) is 2.08. The molecule has 1 nitrogen and oxygen atoms in total. The molecule has 0 unspecified atom stereocenters. The Morgan fingerprint density at radius 1 is 1.07 bits per heavy atom. The predicted octanol–water partition coefficient (Wildman–Crippen LogP) is 4.33. The van der Waals surface area contributed by atoms with Crippen molar-refractivity contribution in [3.8, 4) is 10.6 Å². The highest BCUT2D eigenvalue weighted by Crippen LogP contribution is 2.34.